The van der Waals surface area contributed by atoms with Crippen LogP contribution in [-0.2, 0) is 11.3 Å². The summed E-state index contributed by atoms with van der Waals surface area (Å²) < 4.78 is 5.67. The van der Waals surface area contributed by atoms with Crippen LogP contribution in [0.1, 0.15) is 24.0 Å². The van der Waals surface area contributed by atoms with E-state index in [-0.39, 0.29) is 18.5 Å². The molecule has 1 unspecified atom stereocenters. The maximum atomic E-state index is 9.16. The molecule has 4 N–H and O–H groups in total. The van der Waals surface area contributed by atoms with Crippen LogP contribution in [0.3, 0.4) is 0 Å². The number of hydrogen-bond acceptors (Lipinski definition) is 3. The Hall–Kier alpha value is -1.39. The molecule has 0 amide bonds. The Labute approximate surface area is 101 Å². The van der Waals surface area contributed by atoms with Gasteiger partial charge in [0.1, 0.15) is 5.84 Å². The van der Waals surface area contributed by atoms with Crippen molar-refractivity contribution in [1.82, 2.24) is 0 Å². The number of hydrogen-bond donors (Lipinski definition) is 3. The minimum absolute atomic E-state index is 0.0255. The number of aliphatic hydroxyl groups is 1. The van der Waals surface area contributed by atoms with E-state index in [1.54, 1.807) is 0 Å². The Morgan fingerprint density at radius 1 is 1.41 bits per heavy atom. The molecule has 2 rings (SSSR count). The van der Waals surface area contributed by atoms with Crippen molar-refractivity contribution in [3.8, 4) is 0 Å². The van der Waals surface area contributed by atoms with E-state index in [9.17, 15) is 0 Å². The van der Waals surface area contributed by atoms with Crippen molar-refractivity contribution >= 4 is 5.84 Å². The maximum Gasteiger partial charge on any atom is 0.122 e. The summed E-state index contributed by atoms with van der Waals surface area (Å²) in [5.41, 5.74) is 7.13. The molecule has 1 saturated carbocycles. The van der Waals surface area contributed by atoms with Gasteiger partial charge in [-0.3, -0.25) is 5.41 Å². The first kappa shape index (κ1) is 12.1. The van der Waals surface area contributed by atoms with Crippen LogP contribution in [0.5, 0.6) is 0 Å². The molecule has 0 aliphatic heterocycles. The monoisotopic (exact) mass is 234 g/mol. The quantitative estimate of drug-likeness (QED) is 0.512. The number of nitrogen functional groups attached to an aromatic ring is 1. The lowest BCUT2D eigenvalue weighted by atomic mass is 10.1. The van der Waals surface area contributed by atoms with Crippen molar-refractivity contribution in [3.63, 3.8) is 0 Å². The molecule has 0 aromatic heterocycles. The third-order valence-corrected chi connectivity index (χ3v) is 3.06. The highest BCUT2D eigenvalue weighted by atomic mass is 16.5. The number of rotatable bonds is 6. The molecule has 1 atom stereocenters. The average molecular weight is 234 g/mol. The molecule has 92 valence electrons. The molecular formula is C13H18N2O2. The van der Waals surface area contributed by atoms with Crippen LogP contribution in [0.25, 0.3) is 0 Å². The van der Waals surface area contributed by atoms with Crippen LogP contribution in [-0.4, -0.2) is 23.7 Å². The van der Waals surface area contributed by atoms with Gasteiger partial charge in [0.25, 0.3) is 0 Å². The van der Waals surface area contributed by atoms with Gasteiger partial charge in [-0.05, 0) is 24.3 Å². The molecule has 1 aliphatic rings. The molecule has 0 saturated heterocycles. The van der Waals surface area contributed by atoms with Gasteiger partial charge in [-0.1, -0.05) is 24.3 Å². The van der Waals surface area contributed by atoms with Gasteiger partial charge in [0, 0.05) is 5.56 Å². The molecule has 1 aromatic rings. The number of amidine groups is 1. The normalized spacial score (nSPS) is 16.8. The van der Waals surface area contributed by atoms with Crippen molar-refractivity contribution in [1.29, 1.82) is 5.41 Å². The summed E-state index contributed by atoms with van der Waals surface area (Å²) >= 11 is 0. The number of aliphatic hydroxyl groups excluding tert-OH is 1. The Morgan fingerprint density at radius 2 is 2.06 bits per heavy atom. The molecule has 4 nitrogen and oxygen atoms in total. The molecule has 1 aromatic carbocycles. The fourth-order valence-corrected chi connectivity index (χ4v) is 1.79. The van der Waals surface area contributed by atoms with E-state index in [0.717, 1.165) is 24.0 Å². The standard InChI is InChI=1S/C13H18N2O2/c14-13(15)11-3-1-9(2-4-11)8-17-12(7-16)10-5-6-10/h1-4,10,12,16H,5-8H2,(H3,14,15). The highest BCUT2D eigenvalue weighted by Crippen LogP contribution is 2.34. The summed E-state index contributed by atoms with van der Waals surface area (Å²) in [5, 5.41) is 16.4. The number of nitrogens with one attached hydrogen (secondary N) is 1. The topological polar surface area (TPSA) is 79.3 Å². The average Bonchev–Trinajstić information content (AvgIpc) is 3.15. The van der Waals surface area contributed by atoms with Gasteiger partial charge >= 0.3 is 0 Å². The van der Waals surface area contributed by atoms with Gasteiger partial charge in [0.05, 0.1) is 19.3 Å². The first-order valence-electron chi connectivity index (χ1n) is 5.86. The predicted octanol–water partition coefficient (Wildman–Crippen LogP) is 1.26. The molecule has 1 fully saturated rings. The van der Waals surface area contributed by atoms with Crippen molar-refractivity contribution < 1.29 is 9.84 Å². The third kappa shape index (κ3) is 3.28. The van der Waals surface area contributed by atoms with Crippen molar-refractivity contribution in [3.05, 3.63) is 35.4 Å². The molecule has 0 radical (unpaired) electrons. The van der Waals surface area contributed by atoms with Crippen LogP contribution in [0, 0.1) is 11.3 Å². The predicted molar refractivity (Wildman–Crippen MR) is 65.8 cm³/mol. The molecular weight excluding hydrogens is 216 g/mol. The van der Waals surface area contributed by atoms with Gasteiger partial charge in [-0.25, -0.2) is 0 Å². The zero-order chi connectivity index (χ0) is 12.3. The van der Waals surface area contributed by atoms with E-state index < -0.39 is 0 Å². The molecule has 4 heteroatoms. The molecule has 1 aliphatic carbocycles. The molecule has 17 heavy (non-hydrogen) atoms. The first-order chi connectivity index (χ1) is 8.20. The van der Waals surface area contributed by atoms with Crippen LogP contribution >= 0.6 is 0 Å². The highest BCUT2D eigenvalue weighted by molar-refractivity contribution is 5.94. The van der Waals surface area contributed by atoms with Crippen LogP contribution < -0.4 is 5.73 Å². The Bertz CT molecular complexity index is 385. The number of ether oxygens (including phenoxy) is 1. The fourth-order valence-electron chi connectivity index (χ4n) is 1.79. The van der Waals surface area contributed by atoms with Crippen molar-refractivity contribution in [2.75, 3.05) is 6.61 Å². The summed E-state index contributed by atoms with van der Waals surface area (Å²) in [7, 11) is 0. The summed E-state index contributed by atoms with van der Waals surface area (Å²) in [6.07, 6.45) is 2.30. The van der Waals surface area contributed by atoms with Gasteiger partial charge in [0.2, 0.25) is 0 Å². The molecule has 0 bridgehead atoms. The van der Waals surface area contributed by atoms with E-state index in [2.05, 4.69) is 0 Å². The number of benzene rings is 1. The summed E-state index contributed by atoms with van der Waals surface area (Å²) in [6, 6.07) is 7.42. The molecule has 0 spiro atoms. The molecule has 0 heterocycles. The van der Waals surface area contributed by atoms with Crippen LogP contribution in [0.15, 0.2) is 24.3 Å². The summed E-state index contributed by atoms with van der Waals surface area (Å²) in [4.78, 5) is 0. The van der Waals surface area contributed by atoms with Gasteiger partial charge < -0.3 is 15.6 Å². The Kier molecular flexibility index (Phi) is 3.76. The first-order valence-corrected chi connectivity index (χ1v) is 5.86. The second-order valence-corrected chi connectivity index (χ2v) is 4.48. The van der Waals surface area contributed by atoms with E-state index in [1.165, 1.54) is 0 Å². The van der Waals surface area contributed by atoms with Gasteiger partial charge in [0.15, 0.2) is 0 Å². The summed E-state index contributed by atoms with van der Waals surface area (Å²) in [5.74, 6) is 0.611. The lowest BCUT2D eigenvalue weighted by Gasteiger charge is -2.14. The van der Waals surface area contributed by atoms with E-state index in [1.807, 2.05) is 24.3 Å². The lowest BCUT2D eigenvalue weighted by Crippen LogP contribution is -2.19. The van der Waals surface area contributed by atoms with E-state index in [4.69, 9.17) is 21.0 Å². The second kappa shape index (κ2) is 5.29. The SMILES string of the molecule is N=C(N)c1ccc(COC(CO)C2CC2)cc1. The largest absolute Gasteiger partial charge is 0.394 e. The zero-order valence-electron chi connectivity index (χ0n) is 9.73. The Morgan fingerprint density at radius 3 is 2.53 bits per heavy atom. The fraction of sp³-hybridized carbons (Fsp3) is 0.462. The minimum Gasteiger partial charge on any atom is -0.394 e. The smallest absolute Gasteiger partial charge is 0.122 e. The summed E-state index contributed by atoms with van der Waals surface area (Å²) in [6.45, 7) is 0.593. The Balaban J connectivity index is 1.87. The van der Waals surface area contributed by atoms with Crippen LogP contribution in [0.4, 0.5) is 0 Å². The zero-order valence-corrected chi connectivity index (χ0v) is 9.73. The minimum atomic E-state index is -0.0255. The number of nitrogens with two attached hydrogens (primary N) is 1. The third-order valence-electron chi connectivity index (χ3n) is 3.06. The van der Waals surface area contributed by atoms with Crippen molar-refractivity contribution in [2.45, 2.75) is 25.6 Å². The van der Waals surface area contributed by atoms with Crippen LogP contribution in [0.2, 0.25) is 0 Å². The maximum absolute atomic E-state index is 9.16. The van der Waals surface area contributed by atoms with Gasteiger partial charge in [-0.15, -0.1) is 0 Å². The van der Waals surface area contributed by atoms with Crippen molar-refractivity contribution in [2.24, 2.45) is 11.7 Å². The lowest BCUT2D eigenvalue weighted by molar-refractivity contribution is -0.0105. The van der Waals surface area contributed by atoms with Gasteiger partial charge in [-0.2, -0.15) is 0 Å². The van der Waals surface area contributed by atoms with E-state index in [0.29, 0.717) is 12.5 Å². The second-order valence-electron chi connectivity index (χ2n) is 4.48. The van der Waals surface area contributed by atoms with E-state index >= 15 is 0 Å². The highest BCUT2D eigenvalue weighted by Gasteiger charge is 2.31.